The largest absolute Gasteiger partial charge is 0.364 e. The SMILES string of the molecule is NC(=O)c1nn(CC(=O)N2C[C@H]3C[C@H]3[C@H]2C(=O)NC[C@@H]2CC2(Cl)Cl)c2cnccc12. The Balaban J connectivity index is 1.32. The molecular weight excluding hydrogens is 431 g/mol. The molecule has 3 heterocycles. The van der Waals surface area contributed by atoms with Gasteiger partial charge in [-0.05, 0) is 30.7 Å². The van der Waals surface area contributed by atoms with Crippen molar-refractivity contribution in [3.63, 3.8) is 0 Å². The maximum absolute atomic E-state index is 13.1. The van der Waals surface area contributed by atoms with Crippen LogP contribution in [0, 0.1) is 17.8 Å². The van der Waals surface area contributed by atoms with Gasteiger partial charge in [0.25, 0.3) is 5.91 Å². The lowest BCUT2D eigenvalue weighted by atomic mass is 10.1. The lowest BCUT2D eigenvalue weighted by molar-refractivity contribution is -0.140. The average molecular weight is 451 g/mol. The quantitative estimate of drug-likeness (QED) is 0.626. The molecule has 0 unspecified atom stereocenters. The molecule has 3 fully saturated rings. The first-order valence-electron chi connectivity index (χ1n) is 9.81. The summed E-state index contributed by atoms with van der Waals surface area (Å²) < 4.78 is 0.664. The predicted octanol–water partition coefficient (Wildman–Crippen LogP) is 0.687. The van der Waals surface area contributed by atoms with Crippen LogP contribution in [0.2, 0.25) is 0 Å². The predicted molar refractivity (Wildman–Crippen MR) is 109 cm³/mol. The molecule has 3 aliphatic rings. The van der Waals surface area contributed by atoms with E-state index in [1.807, 2.05) is 0 Å². The highest BCUT2D eigenvalue weighted by Gasteiger charge is 2.57. The van der Waals surface area contributed by atoms with Crippen LogP contribution >= 0.6 is 23.2 Å². The normalized spacial score (nSPS) is 28.3. The summed E-state index contributed by atoms with van der Waals surface area (Å²) in [7, 11) is 0. The first kappa shape index (κ1) is 19.6. The number of primary amides is 1. The molecule has 158 valence electrons. The minimum Gasteiger partial charge on any atom is -0.364 e. The number of rotatable bonds is 6. The molecule has 0 bridgehead atoms. The fourth-order valence-corrected chi connectivity index (χ4v) is 4.95. The molecule has 4 atom stereocenters. The lowest BCUT2D eigenvalue weighted by Gasteiger charge is -2.27. The fourth-order valence-electron chi connectivity index (χ4n) is 4.42. The van der Waals surface area contributed by atoms with E-state index in [1.54, 1.807) is 11.0 Å². The number of carbonyl (C=O) groups is 3. The Kier molecular flexibility index (Phi) is 4.44. The second kappa shape index (κ2) is 6.81. The van der Waals surface area contributed by atoms with E-state index in [9.17, 15) is 14.4 Å². The van der Waals surface area contributed by atoms with Gasteiger partial charge in [0.1, 0.15) is 16.9 Å². The van der Waals surface area contributed by atoms with Crippen LogP contribution in [0.5, 0.6) is 0 Å². The minimum atomic E-state index is -0.756. The second-order valence-corrected chi connectivity index (χ2v) is 9.86. The Bertz CT molecular complexity index is 1070. The number of nitrogens with zero attached hydrogens (tertiary/aromatic N) is 4. The maximum atomic E-state index is 13.1. The Labute approximate surface area is 181 Å². The van der Waals surface area contributed by atoms with Gasteiger partial charge >= 0.3 is 0 Å². The van der Waals surface area contributed by atoms with Crippen LogP contribution < -0.4 is 11.1 Å². The first-order valence-corrected chi connectivity index (χ1v) is 10.6. The van der Waals surface area contributed by atoms with Gasteiger partial charge in [0.2, 0.25) is 11.8 Å². The zero-order valence-corrected chi connectivity index (χ0v) is 17.4. The molecule has 30 heavy (non-hydrogen) atoms. The average Bonchev–Trinajstić information content (AvgIpc) is 3.49. The molecule has 2 saturated carbocycles. The Morgan fingerprint density at radius 3 is 2.80 bits per heavy atom. The van der Waals surface area contributed by atoms with Crippen molar-refractivity contribution in [3.8, 4) is 0 Å². The van der Waals surface area contributed by atoms with Crippen LogP contribution in [0.25, 0.3) is 10.9 Å². The van der Waals surface area contributed by atoms with Crippen LogP contribution in [-0.4, -0.2) is 60.9 Å². The van der Waals surface area contributed by atoms with Crippen LogP contribution in [0.3, 0.4) is 0 Å². The third-order valence-electron chi connectivity index (χ3n) is 6.29. The number of likely N-dealkylation sites (tertiary alicyclic amines) is 1. The number of hydrogen-bond acceptors (Lipinski definition) is 5. The van der Waals surface area contributed by atoms with E-state index in [0.29, 0.717) is 36.3 Å². The molecule has 3 amide bonds. The first-order chi connectivity index (χ1) is 14.3. The molecular formula is C19H20Cl2N6O3. The van der Waals surface area contributed by atoms with E-state index in [-0.39, 0.29) is 35.9 Å². The van der Waals surface area contributed by atoms with Gasteiger partial charge in [-0.15, -0.1) is 23.2 Å². The number of nitrogens with one attached hydrogen (secondary N) is 1. The van der Waals surface area contributed by atoms with Crippen molar-refractivity contribution in [1.29, 1.82) is 0 Å². The number of nitrogens with two attached hydrogens (primary N) is 1. The molecule has 9 nitrogen and oxygen atoms in total. The van der Waals surface area contributed by atoms with E-state index in [1.165, 1.54) is 17.1 Å². The van der Waals surface area contributed by atoms with Gasteiger partial charge in [-0.3, -0.25) is 24.0 Å². The highest BCUT2D eigenvalue weighted by molar-refractivity contribution is 6.50. The summed E-state index contributed by atoms with van der Waals surface area (Å²) in [6.07, 6.45) is 4.67. The molecule has 2 aliphatic carbocycles. The number of hydrogen-bond donors (Lipinski definition) is 2. The number of halogens is 2. The van der Waals surface area contributed by atoms with Crippen LogP contribution in [0.1, 0.15) is 23.3 Å². The molecule has 11 heteroatoms. The van der Waals surface area contributed by atoms with E-state index in [0.717, 1.165) is 6.42 Å². The van der Waals surface area contributed by atoms with E-state index in [2.05, 4.69) is 15.4 Å². The Hall–Kier alpha value is -2.39. The highest BCUT2D eigenvalue weighted by atomic mass is 35.5. The number of carbonyl (C=O) groups excluding carboxylic acids is 3. The van der Waals surface area contributed by atoms with E-state index in [4.69, 9.17) is 28.9 Å². The van der Waals surface area contributed by atoms with Crippen molar-refractivity contribution < 1.29 is 14.4 Å². The summed E-state index contributed by atoms with van der Waals surface area (Å²) in [6.45, 7) is 0.840. The lowest BCUT2D eigenvalue weighted by Crippen LogP contribution is -2.49. The second-order valence-electron chi connectivity index (χ2n) is 8.32. The van der Waals surface area contributed by atoms with Gasteiger partial charge in [-0.1, -0.05) is 0 Å². The topological polar surface area (TPSA) is 123 Å². The van der Waals surface area contributed by atoms with Crippen LogP contribution in [0.4, 0.5) is 0 Å². The van der Waals surface area contributed by atoms with Crippen LogP contribution in [0.15, 0.2) is 18.5 Å². The standard InChI is InChI=1S/C19H20Cl2N6O3/c20-19(21)4-10(19)5-24-18(30)16-12-3-9(12)7-26(16)14(28)8-27-13-6-23-2-1-11(13)15(25-27)17(22)29/h1-2,6,9-10,12,16H,3-5,7-8H2,(H2,22,29)(H,24,30)/t9-,10+,12-,16+/m1/s1. The number of pyridine rings is 1. The van der Waals surface area contributed by atoms with Crippen LogP contribution in [-0.2, 0) is 16.1 Å². The zero-order valence-electron chi connectivity index (χ0n) is 15.9. The molecule has 0 radical (unpaired) electrons. The molecule has 0 aromatic carbocycles. The van der Waals surface area contributed by atoms with Crippen molar-refractivity contribution >= 4 is 51.8 Å². The molecule has 2 aromatic rings. The molecule has 0 spiro atoms. The smallest absolute Gasteiger partial charge is 0.269 e. The van der Waals surface area contributed by atoms with Gasteiger partial charge in [0, 0.05) is 30.6 Å². The number of fused-ring (bicyclic) bond motifs is 2. The summed E-state index contributed by atoms with van der Waals surface area (Å²) in [5.74, 6) is -0.506. The molecule has 3 N–H and O–H groups in total. The van der Waals surface area contributed by atoms with Crippen molar-refractivity contribution in [2.75, 3.05) is 13.1 Å². The third-order valence-corrected chi connectivity index (χ3v) is 7.22. The summed E-state index contributed by atoms with van der Waals surface area (Å²) in [6, 6.07) is 1.13. The third kappa shape index (κ3) is 3.30. The number of amides is 3. The molecule has 1 saturated heterocycles. The Morgan fingerprint density at radius 2 is 2.10 bits per heavy atom. The van der Waals surface area contributed by atoms with E-state index >= 15 is 0 Å². The van der Waals surface area contributed by atoms with Crippen molar-refractivity contribution in [2.45, 2.75) is 29.8 Å². The van der Waals surface area contributed by atoms with Gasteiger partial charge in [0.15, 0.2) is 5.69 Å². The number of alkyl halides is 2. The monoisotopic (exact) mass is 450 g/mol. The summed E-state index contributed by atoms with van der Waals surface area (Å²) >= 11 is 12.1. The maximum Gasteiger partial charge on any atom is 0.269 e. The zero-order chi connectivity index (χ0) is 21.2. The summed E-state index contributed by atoms with van der Waals surface area (Å²) in [4.78, 5) is 43.3. The van der Waals surface area contributed by atoms with Gasteiger partial charge in [-0.2, -0.15) is 5.10 Å². The summed E-state index contributed by atoms with van der Waals surface area (Å²) in [5, 5.41) is 7.65. The minimum absolute atomic E-state index is 0.0421. The molecule has 2 aromatic heterocycles. The summed E-state index contributed by atoms with van der Waals surface area (Å²) in [5.41, 5.74) is 6.04. The van der Waals surface area contributed by atoms with Crippen molar-refractivity contribution in [3.05, 3.63) is 24.2 Å². The number of aromatic nitrogens is 3. The van der Waals surface area contributed by atoms with Crippen molar-refractivity contribution in [2.24, 2.45) is 23.5 Å². The fraction of sp³-hybridized carbons (Fsp3) is 0.526. The molecule has 1 aliphatic heterocycles. The van der Waals surface area contributed by atoms with E-state index < -0.39 is 16.3 Å². The highest BCUT2D eigenvalue weighted by Crippen LogP contribution is 2.53. The van der Waals surface area contributed by atoms with Gasteiger partial charge in [0.05, 0.1) is 11.7 Å². The Morgan fingerprint density at radius 1 is 1.33 bits per heavy atom. The van der Waals surface area contributed by atoms with Gasteiger partial charge < -0.3 is 16.0 Å². The van der Waals surface area contributed by atoms with Crippen molar-refractivity contribution in [1.82, 2.24) is 25.0 Å². The molecule has 5 rings (SSSR count). The van der Waals surface area contributed by atoms with Gasteiger partial charge in [-0.25, -0.2) is 0 Å². The number of piperidine rings is 1.